The second-order valence-corrected chi connectivity index (χ2v) is 5.85. The van der Waals surface area contributed by atoms with E-state index in [1.54, 1.807) is 24.9 Å². The fourth-order valence-electron chi connectivity index (χ4n) is 2.61. The topological polar surface area (TPSA) is 66.2 Å². The summed E-state index contributed by atoms with van der Waals surface area (Å²) in [5.41, 5.74) is 3.36. The van der Waals surface area contributed by atoms with Crippen LogP contribution in [0.15, 0.2) is 66.9 Å². The highest BCUT2D eigenvalue weighted by atomic mass is 16.5. The molecule has 0 fully saturated rings. The molecule has 0 aliphatic carbocycles. The lowest BCUT2D eigenvalue weighted by atomic mass is 10.0. The van der Waals surface area contributed by atoms with Crippen molar-refractivity contribution in [3.8, 4) is 5.75 Å². The van der Waals surface area contributed by atoms with Crippen LogP contribution in [-0.2, 0) is 23.2 Å². The molecule has 1 aromatic heterocycles. The fourth-order valence-corrected chi connectivity index (χ4v) is 2.61. The van der Waals surface area contributed by atoms with Crippen LogP contribution in [-0.4, -0.2) is 27.6 Å². The number of esters is 1. The van der Waals surface area contributed by atoms with Crippen molar-refractivity contribution >= 4 is 11.5 Å². The van der Waals surface area contributed by atoms with Crippen molar-refractivity contribution in [2.24, 2.45) is 7.05 Å². The van der Waals surface area contributed by atoms with E-state index in [1.807, 2.05) is 54.6 Å². The average Bonchev–Trinajstić information content (AvgIpc) is 3.12. The van der Waals surface area contributed by atoms with Gasteiger partial charge in [-0.05, 0) is 30.2 Å². The molecule has 0 saturated heterocycles. The zero-order chi connectivity index (χ0) is 19.1. The van der Waals surface area contributed by atoms with E-state index in [0.717, 1.165) is 22.6 Å². The van der Waals surface area contributed by atoms with E-state index in [-0.39, 0.29) is 0 Å². The molecule has 138 valence electrons. The van der Waals surface area contributed by atoms with Crippen LogP contribution < -0.4 is 4.74 Å². The van der Waals surface area contributed by atoms with Gasteiger partial charge in [0.15, 0.2) is 0 Å². The number of nitrogens with zero attached hydrogens (tertiary/aromatic N) is 3. The summed E-state index contributed by atoms with van der Waals surface area (Å²) in [6, 6.07) is 17.5. The summed E-state index contributed by atoms with van der Waals surface area (Å²) in [5.74, 6) is 0.347. The Balaban J connectivity index is 1.81. The van der Waals surface area contributed by atoms with Gasteiger partial charge in [0.1, 0.15) is 12.4 Å². The zero-order valence-corrected chi connectivity index (χ0v) is 15.3. The van der Waals surface area contributed by atoms with Gasteiger partial charge in [0.05, 0.1) is 18.5 Å². The lowest BCUT2D eigenvalue weighted by Gasteiger charge is -2.10. The summed E-state index contributed by atoms with van der Waals surface area (Å²) in [6.07, 6.45) is 3.08. The van der Waals surface area contributed by atoms with Crippen molar-refractivity contribution < 1.29 is 14.3 Å². The highest BCUT2D eigenvalue weighted by Crippen LogP contribution is 2.25. The van der Waals surface area contributed by atoms with Crippen molar-refractivity contribution in [3.05, 3.63) is 83.7 Å². The number of benzene rings is 2. The Morgan fingerprint density at radius 2 is 1.85 bits per heavy atom. The van der Waals surface area contributed by atoms with Gasteiger partial charge in [-0.25, -0.2) is 9.48 Å². The minimum absolute atomic E-state index is 0.318. The molecule has 0 unspecified atom stereocenters. The normalized spacial score (nSPS) is 11.3. The summed E-state index contributed by atoms with van der Waals surface area (Å²) in [6.45, 7) is 2.59. The number of rotatable bonds is 7. The smallest absolute Gasteiger partial charge is 0.331 e. The van der Waals surface area contributed by atoms with Crippen LogP contribution in [0.25, 0.3) is 5.57 Å². The molecule has 0 N–H and O–H groups in total. The quantitative estimate of drug-likeness (QED) is 0.475. The number of carbonyl (C=O) groups is 1. The highest BCUT2D eigenvalue weighted by molar-refractivity contribution is 5.95. The lowest BCUT2D eigenvalue weighted by molar-refractivity contribution is -0.137. The van der Waals surface area contributed by atoms with Crippen LogP contribution in [0, 0.1) is 0 Å². The molecule has 0 amide bonds. The Hall–Kier alpha value is -3.41. The molecule has 3 aromatic rings. The molecular formula is C21H21N3O3. The predicted octanol–water partition coefficient (Wildman–Crippen LogP) is 3.39. The first-order valence-corrected chi connectivity index (χ1v) is 8.68. The van der Waals surface area contributed by atoms with E-state index in [2.05, 4.69) is 10.3 Å². The van der Waals surface area contributed by atoms with Crippen LogP contribution in [0.2, 0.25) is 0 Å². The maximum Gasteiger partial charge on any atom is 0.331 e. The minimum Gasteiger partial charge on any atom is -0.489 e. The van der Waals surface area contributed by atoms with E-state index in [0.29, 0.717) is 18.8 Å². The summed E-state index contributed by atoms with van der Waals surface area (Å²) in [5, 5.41) is 7.84. The van der Waals surface area contributed by atoms with Crippen LogP contribution in [0.1, 0.15) is 23.7 Å². The van der Waals surface area contributed by atoms with Gasteiger partial charge in [0.25, 0.3) is 0 Å². The third kappa shape index (κ3) is 4.82. The SMILES string of the molecule is CCOC(=O)C=C(c1ccc(OCc2ccccc2)cc1)c1cnnn1C. The Labute approximate surface area is 158 Å². The molecule has 0 saturated carbocycles. The average molecular weight is 363 g/mol. The van der Waals surface area contributed by atoms with E-state index >= 15 is 0 Å². The number of carbonyl (C=O) groups excluding carboxylic acids is 1. The number of hydrogen-bond donors (Lipinski definition) is 0. The first-order valence-electron chi connectivity index (χ1n) is 8.68. The maximum atomic E-state index is 12.0. The third-order valence-corrected chi connectivity index (χ3v) is 3.95. The molecule has 6 heteroatoms. The second kappa shape index (κ2) is 8.80. The Bertz CT molecular complexity index is 915. The van der Waals surface area contributed by atoms with E-state index < -0.39 is 5.97 Å². The summed E-state index contributed by atoms with van der Waals surface area (Å²) in [4.78, 5) is 12.0. The van der Waals surface area contributed by atoms with E-state index in [9.17, 15) is 4.79 Å². The molecule has 0 aliphatic heterocycles. The molecule has 3 rings (SSSR count). The van der Waals surface area contributed by atoms with E-state index in [1.165, 1.54) is 6.08 Å². The maximum absolute atomic E-state index is 12.0. The molecular weight excluding hydrogens is 342 g/mol. The minimum atomic E-state index is -0.405. The van der Waals surface area contributed by atoms with Crippen molar-refractivity contribution in [2.45, 2.75) is 13.5 Å². The van der Waals surface area contributed by atoms with Crippen LogP contribution >= 0.6 is 0 Å². The Morgan fingerprint density at radius 1 is 1.11 bits per heavy atom. The summed E-state index contributed by atoms with van der Waals surface area (Å²) in [7, 11) is 1.78. The van der Waals surface area contributed by atoms with Gasteiger partial charge in [0.2, 0.25) is 0 Å². The fraction of sp³-hybridized carbons (Fsp3) is 0.190. The Morgan fingerprint density at radius 3 is 2.48 bits per heavy atom. The molecule has 0 atom stereocenters. The lowest BCUT2D eigenvalue weighted by Crippen LogP contribution is -2.04. The van der Waals surface area contributed by atoms with Gasteiger partial charge < -0.3 is 9.47 Å². The summed E-state index contributed by atoms with van der Waals surface area (Å²) < 4.78 is 12.5. The molecule has 0 spiro atoms. The molecule has 6 nitrogen and oxygen atoms in total. The number of aryl methyl sites for hydroxylation is 1. The van der Waals surface area contributed by atoms with Gasteiger partial charge >= 0.3 is 5.97 Å². The monoisotopic (exact) mass is 363 g/mol. The molecule has 2 aromatic carbocycles. The van der Waals surface area contributed by atoms with Crippen molar-refractivity contribution in [1.82, 2.24) is 15.0 Å². The highest BCUT2D eigenvalue weighted by Gasteiger charge is 2.13. The number of ether oxygens (including phenoxy) is 2. The van der Waals surface area contributed by atoms with Gasteiger partial charge in [-0.3, -0.25) is 0 Å². The standard InChI is InChI=1S/C21H21N3O3/c1-3-26-21(25)13-19(20-14-22-23-24(20)2)17-9-11-18(12-10-17)27-15-16-7-5-4-6-8-16/h4-14H,3,15H2,1-2H3. The van der Waals surface area contributed by atoms with Crippen LogP contribution in [0.3, 0.4) is 0 Å². The summed E-state index contributed by atoms with van der Waals surface area (Å²) >= 11 is 0. The van der Waals surface area contributed by atoms with Crippen LogP contribution in [0.5, 0.6) is 5.75 Å². The molecule has 1 heterocycles. The largest absolute Gasteiger partial charge is 0.489 e. The molecule has 0 radical (unpaired) electrons. The Kier molecular flexibility index (Phi) is 5.99. The van der Waals surface area contributed by atoms with Gasteiger partial charge in [-0.1, -0.05) is 47.7 Å². The van der Waals surface area contributed by atoms with Crippen molar-refractivity contribution in [1.29, 1.82) is 0 Å². The van der Waals surface area contributed by atoms with E-state index in [4.69, 9.17) is 9.47 Å². The zero-order valence-electron chi connectivity index (χ0n) is 15.3. The molecule has 0 bridgehead atoms. The van der Waals surface area contributed by atoms with Crippen LogP contribution in [0.4, 0.5) is 0 Å². The van der Waals surface area contributed by atoms with Gasteiger partial charge in [-0.2, -0.15) is 0 Å². The molecule has 27 heavy (non-hydrogen) atoms. The van der Waals surface area contributed by atoms with Crippen molar-refractivity contribution in [2.75, 3.05) is 6.61 Å². The van der Waals surface area contributed by atoms with Gasteiger partial charge in [-0.15, -0.1) is 5.10 Å². The third-order valence-electron chi connectivity index (χ3n) is 3.95. The van der Waals surface area contributed by atoms with Crippen molar-refractivity contribution in [3.63, 3.8) is 0 Å². The first-order chi connectivity index (χ1) is 13.2. The second-order valence-electron chi connectivity index (χ2n) is 5.85. The van der Waals surface area contributed by atoms with Gasteiger partial charge in [0, 0.05) is 18.7 Å². The first kappa shape index (κ1) is 18.4. The number of hydrogen-bond acceptors (Lipinski definition) is 5. The number of aromatic nitrogens is 3. The molecule has 0 aliphatic rings. The predicted molar refractivity (Wildman–Crippen MR) is 102 cm³/mol.